The van der Waals surface area contributed by atoms with Crippen LogP contribution in [0.1, 0.15) is 0 Å². The second kappa shape index (κ2) is 13.8. The summed E-state index contributed by atoms with van der Waals surface area (Å²) in [7, 11) is 0. The predicted octanol–water partition coefficient (Wildman–Crippen LogP) is 16.1. The zero-order valence-corrected chi connectivity index (χ0v) is 31.8. The minimum absolute atomic E-state index is 0.860. The van der Waals surface area contributed by atoms with Crippen molar-refractivity contribution in [1.82, 2.24) is 0 Å². The minimum atomic E-state index is 0.860. The quantitative estimate of drug-likeness (QED) is 0.162. The molecule has 0 aliphatic carbocycles. The van der Waals surface area contributed by atoms with E-state index in [1.165, 1.54) is 59.1 Å². The molecule has 0 aliphatic rings. The number of thiophene rings is 1. The van der Waals surface area contributed by atoms with Crippen molar-refractivity contribution in [3.63, 3.8) is 0 Å². The van der Waals surface area contributed by atoms with E-state index in [4.69, 9.17) is 4.42 Å². The number of rotatable bonds is 7. The fraction of sp³-hybridized carbons (Fsp3) is 0. The minimum Gasteiger partial charge on any atom is -0.456 e. The van der Waals surface area contributed by atoms with E-state index in [-0.39, 0.29) is 0 Å². The smallest absolute Gasteiger partial charge is 0.137 e. The Morgan fingerprint density at radius 3 is 1.65 bits per heavy atom. The third-order valence-electron chi connectivity index (χ3n) is 11.1. The van der Waals surface area contributed by atoms with Gasteiger partial charge in [0.25, 0.3) is 0 Å². The molecule has 0 saturated carbocycles. The van der Waals surface area contributed by atoms with Crippen LogP contribution in [-0.4, -0.2) is 0 Å². The van der Waals surface area contributed by atoms with Crippen LogP contribution in [-0.2, 0) is 0 Å². The lowest BCUT2D eigenvalue weighted by Gasteiger charge is -2.28. The molecule has 0 N–H and O–H groups in total. The van der Waals surface area contributed by atoms with Crippen LogP contribution in [0.25, 0.3) is 86.6 Å². The van der Waals surface area contributed by atoms with Crippen molar-refractivity contribution < 1.29 is 4.42 Å². The number of hydrogen-bond donors (Lipinski definition) is 0. The molecule has 0 bridgehead atoms. The zero-order chi connectivity index (χ0) is 37.7. The van der Waals surface area contributed by atoms with E-state index < -0.39 is 0 Å². The van der Waals surface area contributed by atoms with Crippen molar-refractivity contribution in [2.45, 2.75) is 0 Å². The highest BCUT2D eigenvalue weighted by Gasteiger charge is 2.24. The van der Waals surface area contributed by atoms with Gasteiger partial charge in [-0.2, -0.15) is 0 Å². The second-order valence-corrected chi connectivity index (χ2v) is 15.5. The summed E-state index contributed by atoms with van der Waals surface area (Å²) < 4.78 is 9.25. The Kier molecular flexibility index (Phi) is 8.04. The number of anilines is 3. The van der Waals surface area contributed by atoms with Gasteiger partial charge in [0.15, 0.2) is 0 Å². The molecular weight excluding hydrogens is 711 g/mol. The number of fused-ring (bicyclic) bond motifs is 6. The van der Waals surface area contributed by atoms with Crippen molar-refractivity contribution in [2.24, 2.45) is 0 Å². The van der Waals surface area contributed by atoms with Gasteiger partial charge in [0, 0.05) is 31.2 Å². The van der Waals surface area contributed by atoms with E-state index in [1.807, 2.05) is 11.3 Å². The van der Waals surface area contributed by atoms with Crippen molar-refractivity contribution in [3.8, 4) is 44.5 Å². The number of nitrogens with zero attached hydrogens (tertiary/aromatic N) is 1. The highest BCUT2D eigenvalue weighted by molar-refractivity contribution is 7.26. The van der Waals surface area contributed by atoms with E-state index in [0.717, 1.165) is 44.6 Å². The van der Waals surface area contributed by atoms with Gasteiger partial charge >= 0.3 is 0 Å². The summed E-state index contributed by atoms with van der Waals surface area (Å²) in [6.45, 7) is 0. The molecule has 2 heterocycles. The van der Waals surface area contributed by atoms with Gasteiger partial charge in [-0.15, -0.1) is 11.3 Å². The van der Waals surface area contributed by atoms with E-state index >= 15 is 0 Å². The Bertz CT molecular complexity index is 3220. The molecular formula is C54H35NOS. The lowest BCUT2D eigenvalue weighted by atomic mass is 9.94. The van der Waals surface area contributed by atoms with Crippen molar-refractivity contribution in [2.75, 3.05) is 4.90 Å². The van der Waals surface area contributed by atoms with Gasteiger partial charge in [0.1, 0.15) is 11.2 Å². The number of benzene rings is 9. The molecule has 11 rings (SSSR count). The van der Waals surface area contributed by atoms with Crippen molar-refractivity contribution in [1.29, 1.82) is 0 Å². The molecule has 0 spiro atoms. The van der Waals surface area contributed by atoms with Gasteiger partial charge in [-0.1, -0.05) is 164 Å². The maximum atomic E-state index is 6.70. The average Bonchev–Trinajstić information content (AvgIpc) is 3.87. The molecule has 57 heavy (non-hydrogen) atoms. The third kappa shape index (κ3) is 5.71. The summed E-state index contributed by atoms with van der Waals surface area (Å²) in [5, 5.41) is 4.67. The molecule has 0 amide bonds. The molecule has 0 fully saturated rings. The van der Waals surface area contributed by atoms with Crippen LogP contribution in [0.3, 0.4) is 0 Å². The normalized spacial score (nSPS) is 11.5. The maximum Gasteiger partial charge on any atom is 0.137 e. The van der Waals surface area contributed by atoms with E-state index in [9.17, 15) is 0 Å². The summed E-state index contributed by atoms with van der Waals surface area (Å²) in [5.74, 6) is 0. The standard InChI is InChI=1S/C54H35NOS/c1-4-15-36(16-5-1)40-29-32-45-50(35-40)56-49-25-14-24-47(52(45)49)55(41-30-27-39(28-31-41)43-22-11-10-21-42(43)37-17-6-2-7-18-37)48-34-33-44(38-19-8-3-9-20-38)54-53(48)46-23-12-13-26-51(46)57-54/h1-35H. The molecule has 268 valence electrons. The zero-order valence-electron chi connectivity index (χ0n) is 31.0. The average molecular weight is 746 g/mol. The lowest BCUT2D eigenvalue weighted by Crippen LogP contribution is -2.11. The molecule has 0 radical (unpaired) electrons. The summed E-state index contributed by atoms with van der Waals surface area (Å²) >= 11 is 1.87. The van der Waals surface area contributed by atoms with Crippen LogP contribution < -0.4 is 4.90 Å². The van der Waals surface area contributed by atoms with Crippen LogP contribution in [0.5, 0.6) is 0 Å². The number of hydrogen-bond acceptors (Lipinski definition) is 3. The second-order valence-electron chi connectivity index (χ2n) is 14.4. The first-order chi connectivity index (χ1) is 28.3. The Labute approximate surface area is 335 Å². The van der Waals surface area contributed by atoms with Gasteiger partial charge in [-0.05, 0) is 93.0 Å². The van der Waals surface area contributed by atoms with Crippen molar-refractivity contribution in [3.05, 3.63) is 212 Å². The van der Waals surface area contributed by atoms with Gasteiger partial charge in [-0.25, -0.2) is 0 Å². The molecule has 11 aromatic rings. The van der Waals surface area contributed by atoms with Gasteiger partial charge in [-0.3, -0.25) is 0 Å². The monoisotopic (exact) mass is 745 g/mol. The van der Waals surface area contributed by atoms with E-state index in [1.54, 1.807) is 0 Å². The molecule has 3 heteroatoms. The molecule has 9 aromatic carbocycles. The summed E-state index contributed by atoms with van der Waals surface area (Å²) in [6, 6.07) is 76.2. The molecule has 0 atom stereocenters. The summed E-state index contributed by atoms with van der Waals surface area (Å²) in [6.07, 6.45) is 0. The molecule has 0 saturated heterocycles. The molecule has 0 aliphatic heterocycles. The first-order valence-electron chi connectivity index (χ1n) is 19.3. The molecule has 0 unspecified atom stereocenters. The van der Waals surface area contributed by atoms with Gasteiger partial charge < -0.3 is 9.32 Å². The Morgan fingerprint density at radius 2 is 0.930 bits per heavy atom. The Hall–Kier alpha value is -7.20. The van der Waals surface area contributed by atoms with Crippen LogP contribution in [0.2, 0.25) is 0 Å². The molecule has 2 aromatic heterocycles. The van der Waals surface area contributed by atoms with Crippen LogP contribution in [0.15, 0.2) is 217 Å². The highest BCUT2D eigenvalue weighted by Crippen LogP contribution is 2.50. The fourth-order valence-electron chi connectivity index (χ4n) is 8.45. The fourth-order valence-corrected chi connectivity index (χ4v) is 9.71. The van der Waals surface area contributed by atoms with Crippen molar-refractivity contribution >= 4 is 70.5 Å². The summed E-state index contributed by atoms with van der Waals surface area (Å²) in [5.41, 5.74) is 14.6. The Morgan fingerprint density at radius 1 is 0.351 bits per heavy atom. The Balaban J connectivity index is 1.16. The van der Waals surface area contributed by atoms with Gasteiger partial charge in [0.05, 0.1) is 16.8 Å². The lowest BCUT2D eigenvalue weighted by molar-refractivity contribution is 0.669. The van der Waals surface area contributed by atoms with Gasteiger partial charge in [0.2, 0.25) is 0 Å². The first kappa shape index (κ1) is 33.2. The van der Waals surface area contributed by atoms with Crippen LogP contribution in [0, 0.1) is 0 Å². The molecule has 2 nitrogen and oxygen atoms in total. The van der Waals surface area contributed by atoms with E-state index in [0.29, 0.717) is 0 Å². The third-order valence-corrected chi connectivity index (χ3v) is 12.3. The maximum absolute atomic E-state index is 6.70. The number of furan rings is 1. The highest BCUT2D eigenvalue weighted by atomic mass is 32.1. The predicted molar refractivity (Wildman–Crippen MR) is 243 cm³/mol. The largest absolute Gasteiger partial charge is 0.456 e. The first-order valence-corrected chi connectivity index (χ1v) is 20.2. The summed E-state index contributed by atoms with van der Waals surface area (Å²) in [4.78, 5) is 2.45. The van der Waals surface area contributed by atoms with E-state index in [2.05, 4.69) is 217 Å². The topological polar surface area (TPSA) is 16.4 Å². The SMILES string of the molecule is c1ccc(-c2ccc3c(c2)oc2cccc(N(c4ccc(-c5ccccc5-c5ccccc5)cc4)c4ccc(-c5ccccc5)c5sc6ccccc6c45)c23)cc1. The van der Waals surface area contributed by atoms with Crippen LogP contribution in [0.4, 0.5) is 17.1 Å². The van der Waals surface area contributed by atoms with Crippen LogP contribution >= 0.6 is 11.3 Å².